The van der Waals surface area contributed by atoms with Crippen LogP contribution in [0.4, 0.5) is 0 Å². The van der Waals surface area contributed by atoms with Crippen LogP contribution in [0.5, 0.6) is 0 Å². The fourth-order valence-electron chi connectivity index (χ4n) is 1.96. The highest BCUT2D eigenvalue weighted by atomic mass is 32.1. The summed E-state index contributed by atoms with van der Waals surface area (Å²) in [6.07, 6.45) is 0. The van der Waals surface area contributed by atoms with Crippen LogP contribution in [0.3, 0.4) is 0 Å². The van der Waals surface area contributed by atoms with Crippen LogP contribution in [0, 0.1) is 5.92 Å². The molecule has 0 aromatic rings. The minimum absolute atomic E-state index is 0.708. The average molecular weight is 216 g/mol. The zero-order chi connectivity index (χ0) is 10.6. The molecule has 1 unspecified atom stereocenters. The summed E-state index contributed by atoms with van der Waals surface area (Å²) in [7, 11) is 0. The second-order valence-electron chi connectivity index (χ2n) is 4.72. The van der Waals surface area contributed by atoms with Crippen LogP contribution in [0.15, 0.2) is 0 Å². The molecule has 0 aromatic heterocycles. The molecule has 0 aromatic carbocycles. The number of thiol groups is 1. The van der Waals surface area contributed by atoms with Gasteiger partial charge in [0.1, 0.15) is 0 Å². The van der Waals surface area contributed by atoms with Crippen molar-refractivity contribution in [3.05, 3.63) is 0 Å². The lowest BCUT2D eigenvalue weighted by molar-refractivity contribution is 0.101. The van der Waals surface area contributed by atoms with Crippen molar-refractivity contribution in [2.45, 2.75) is 26.8 Å². The molecule has 0 radical (unpaired) electrons. The average Bonchev–Trinajstić information content (AvgIpc) is 2.18. The van der Waals surface area contributed by atoms with Gasteiger partial charge in [-0.2, -0.15) is 12.6 Å². The quantitative estimate of drug-likeness (QED) is 0.713. The summed E-state index contributed by atoms with van der Waals surface area (Å²) < 4.78 is 0. The largest absolute Gasteiger partial charge is 0.300 e. The van der Waals surface area contributed by atoms with Crippen molar-refractivity contribution in [3.8, 4) is 0 Å². The summed E-state index contributed by atoms with van der Waals surface area (Å²) in [6.45, 7) is 13.0. The van der Waals surface area contributed by atoms with Gasteiger partial charge >= 0.3 is 0 Å². The van der Waals surface area contributed by atoms with Crippen molar-refractivity contribution in [1.29, 1.82) is 0 Å². The SMILES string of the molecule is CC(CS)CN1CCN(C(C)C)CC1. The highest BCUT2D eigenvalue weighted by Crippen LogP contribution is 2.08. The first kappa shape index (κ1) is 12.3. The van der Waals surface area contributed by atoms with Crippen molar-refractivity contribution >= 4 is 12.6 Å². The Morgan fingerprint density at radius 2 is 1.64 bits per heavy atom. The fraction of sp³-hybridized carbons (Fsp3) is 1.00. The molecule has 0 aliphatic carbocycles. The van der Waals surface area contributed by atoms with Crippen LogP contribution in [-0.2, 0) is 0 Å². The van der Waals surface area contributed by atoms with Gasteiger partial charge in [0.25, 0.3) is 0 Å². The second-order valence-corrected chi connectivity index (χ2v) is 5.08. The molecule has 0 N–H and O–H groups in total. The standard InChI is InChI=1S/C11H24N2S/c1-10(2)13-6-4-12(5-7-13)8-11(3)9-14/h10-11,14H,4-9H2,1-3H3. The first-order valence-electron chi connectivity index (χ1n) is 5.70. The molecule has 84 valence electrons. The van der Waals surface area contributed by atoms with E-state index in [1.165, 1.54) is 32.7 Å². The lowest BCUT2D eigenvalue weighted by Gasteiger charge is -2.37. The molecular weight excluding hydrogens is 192 g/mol. The Morgan fingerprint density at radius 1 is 1.07 bits per heavy atom. The molecule has 0 bridgehead atoms. The van der Waals surface area contributed by atoms with Crippen molar-refractivity contribution in [1.82, 2.24) is 9.80 Å². The van der Waals surface area contributed by atoms with Gasteiger partial charge in [0, 0.05) is 38.8 Å². The topological polar surface area (TPSA) is 6.48 Å². The summed E-state index contributed by atoms with van der Waals surface area (Å²) in [5, 5.41) is 0. The van der Waals surface area contributed by atoms with Crippen LogP contribution >= 0.6 is 12.6 Å². The van der Waals surface area contributed by atoms with Gasteiger partial charge in [-0.1, -0.05) is 6.92 Å². The molecule has 1 rings (SSSR count). The van der Waals surface area contributed by atoms with Gasteiger partial charge in [0.05, 0.1) is 0 Å². The molecule has 14 heavy (non-hydrogen) atoms. The van der Waals surface area contributed by atoms with E-state index in [2.05, 4.69) is 43.2 Å². The molecule has 1 heterocycles. The normalized spacial score (nSPS) is 22.9. The zero-order valence-electron chi connectivity index (χ0n) is 9.74. The summed E-state index contributed by atoms with van der Waals surface area (Å²) in [5.41, 5.74) is 0. The maximum absolute atomic E-state index is 4.33. The van der Waals surface area contributed by atoms with E-state index in [0.717, 1.165) is 11.7 Å². The molecule has 1 fully saturated rings. The van der Waals surface area contributed by atoms with Gasteiger partial charge < -0.3 is 4.90 Å². The Balaban J connectivity index is 2.22. The summed E-state index contributed by atoms with van der Waals surface area (Å²) in [5.74, 6) is 1.73. The van der Waals surface area contributed by atoms with E-state index in [1.54, 1.807) is 0 Å². The second kappa shape index (κ2) is 5.99. The molecule has 3 heteroatoms. The van der Waals surface area contributed by atoms with Gasteiger partial charge in [0.15, 0.2) is 0 Å². The van der Waals surface area contributed by atoms with Crippen LogP contribution in [0.25, 0.3) is 0 Å². The fourth-order valence-corrected chi connectivity index (χ4v) is 2.08. The molecule has 0 spiro atoms. The summed E-state index contributed by atoms with van der Waals surface area (Å²) in [6, 6.07) is 0.708. The molecule has 2 nitrogen and oxygen atoms in total. The van der Waals surface area contributed by atoms with E-state index in [1.807, 2.05) is 0 Å². The van der Waals surface area contributed by atoms with Crippen molar-refractivity contribution in [2.24, 2.45) is 5.92 Å². The highest BCUT2D eigenvalue weighted by molar-refractivity contribution is 7.80. The minimum Gasteiger partial charge on any atom is -0.300 e. The van der Waals surface area contributed by atoms with E-state index in [9.17, 15) is 0 Å². The Kier molecular flexibility index (Phi) is 5.28. The van der Waals surface area contributed by atoms with Crippen LogP contribution in [-0.4, -0.2) is 54.3 Å². The molecule has 1 saturated heterocycles. The predicted molar refractivity (Wildman–Crippen MR) is 66.2 cm³/mol. The molecule has 0 saturated carbocycles. The third kappa shape index (κ3) is 3.79. The lowest BCUT2D eigenvalue weighted by Crippen LogP contribution is -2.49. The van der Waals surface area contributed by atoms with Crippen molar-refractivity contribution in [3.63, 3.8) is 0 Å². The van der Waals surface area contributed by atoms with Crippen LogP contribution in [0.1, 0.15) is 20.8 Å². The van der Waals surface area contributed by atoms with Gasteiger partial charge in [-0.25, -0.2) is 0 Å². The first-order chi connectivity index (χ1) is 6.63. The highest BCUT2D eigenvalue weighted by Gasteiger charge is 2.19. The van der Waals surface area contributed by atoms with Crippen LogP contribution < -0.4 is 0 Å². The van der Waals surface area contributed by atoms with Crippen molar-refractivity contribution < 1.29 is 0 Å². The monoisotopic (exact) mass is 216 g/mol. The number of nitrogens with zero attached hydrogens (tertiary/aromatic N) is 2. The van der Waals surface area contributed by atoms with E-state index < -0.39 is 0 Å². The Morgan fingerprint density at radius 3 is 2.07 bits per heavy atom. The molecule has 1 aliphatic heterocycles. The summed E-state index contributed by atoms with van der Waals surface area (Å²) >= 11 is 4.33. The maximum atomic E-state index is 4.33. The summed E-state index contributed by atoms with van der Waals surface area (Å²) in [4.78, 5) is 5.13. The number of piperazine rings is 1. The third-order valence-corrected chi connectivity index (χ3v) is 3.64. The third-order valence-electron chi connectivity index (χ3n) is 3.02. The Labute approximate surface area is 94.1 Å². The number of rotatable bonds is 4. The van der Waals surface area contributed by atoms with Gasteiger partial charge in [0.2, 0.25) is 0 Å². The van der Waals surface area contributed by atoms with Crippen LogP contribution in [0.2, 0.25) is 0 Å². The smallest absolute Gasteiger partial charge is 0.0113 e. The van der Waals surface area contributed by atoms with E-state index in [-0.39, 0.29) is 0 Å². The first-order valence-corrected chi connectivity index (χ1v) is 6.34. The number of hydrogen-bond acceptors (Lipinski definition) is 3. The Bertz CT molecular complexity index is 153. The molecular formula is C11H24N2S. The van der Waals surface area contributed by atoms with Crippen molar-refractivity contribution in [2.75, 3.05) is 38.5 Å². The van der Waals surface area contributed by atoms with E-state index in [0.29, 0.717) is 6.04 Å². The minimum atomic E-state index is 0.708. The maximum Gasteiger partial charge on any atom is 0.0113 e. The molecule has 0 amide bonds. The van der Waals surface area contributed by atoms with Gasteiger partial charge in [-0.15, -0.1) is 0 Å². The number of hydrogen-bond donors (Lipinski definition) is 1. The van der Waals surface area contributed by atoms with E-state index in [4.69, 9.17) is 0 Å². The van der Waals surface area contributed by atoms with Gasteiger partial charge in [-0.05, 0) is 25.5 Å². The van der Waals surface area contributed by atoms with Gasteiger partial charge in [-0.3, -0.25) is 4.90 Å². The zero-order valence-corrected chi connectivity index (χ0v) is 10.6. The molecule has 1 aliphatic rings. The lowest BCUT2D eigenvalue weighted by atomic mass is 10.1. The molecule has 1 atom stereocenters. The predicted octanol–water partition coefficient (Wildman–Crippen LogP) is 1.58. The van der Waals surface area contributed by atoms with E-state index >= 15 is 0 Å². The Hall–Kier alpha value is 0.270.